The molecule has 6 heteroatoms. The third kappa shape index (κ3) is 3.64. The second kappa shape index (κ2) is 7.57. The first-order valence-electron chi connectivity index (χ1n) is 8.40. The van der Waals surface area contributed by atoms with E-state index in [0.29, 0.717) is 11.3 Å². The molecule has 2 N–H and O–H groups in total. The minimum Gasteiger partial charge on any atom is -0.396 e. The van der Waals surface area contributed by atoms with Gasteiger partial charge in [-0.3, -0.25) is 4.79 Å². The van der Waals surface area contributed by atoms with Gasteiger partial charge >= 0.3 is 0 Å². The summed E-state index contributed by atoms with van der Waals surface area (Å²) in [4.78, 5) is 12.5. The van der Waals surface area contributed by atoms with Gasteiger partial charge < -0.3 is 10.4 Å². The molecule has 128 valence electrons. The van der Waals surface area contributed by atoms with Crippen LogP contribution in [0.3, 0.4) is 0 Å². The average Bonchev–Trinajstić information content (AvgIpc) is 2.97. The van der Waals surface area contributed by atoms with Crippen molar-refractivity contribution in [2.75, 3.05) is 6.61 Å². The predicted molar refractivity (Wildman–Crippen MR) is 88.4 cm³/mol. The number of aliphatic hydroxyl groups is 1. The van der Waals surface area contributed by atoms with Crippen molar-refractivity contribution < 1.29 is 14.3 Å². The molecule has 0 radical (unpaired) electrons. The highest BCUT2D eigenvalue weighted by atomic mass is 19.1. The number of amides is 1. The van der Waals surface area contributed by atoms with Crippen LogP contribution in [-0.4, -0.2) is 33.4 Å². The predicted octanol–water partition coefficient (Wildman–Crippen LogP) is 2.68. The molecule has 0 aliphatic heterocycles. The Morgan fingerprint density at radius 1 is 1.29 bits per heavy atom. The van der Waals surface area contributed by atoms with Crippen LogP contribution in [-0.2, 0) is 0 Å². The first-order chi connectivity index (χ1) is 11.7. The highest BCUT2D eigenvalue weighted by Crippen LogP contribution is 2.23. The van der Waals surface area contributed by atoms with Gasteiger partial charge in [0.05, 0.1) is 11.8 Å². The van der Waals surface area contributed by atoms with E-state index in [1.807, 2.05) is 0 Å². The monoisotopic (exact) mass is 331 g/mol. The average molecular weight is 331 g/mol. The smallest absolute Gasteiger partial charge is 0.254 e. The lowest BCUT2D eigenvalue weighted by molar-refractivity contribution is 0.0899. The van der Waals surface area contributed by atoms with Crippen LogP contribution >= 0.6 is 0 Å². The van der Waals surface area contributed by atoms with E-state index in [2.05, 4.69) is 10.4 Å². The summed E-state index contributed by atoms with van der Waals surface area (Å²) in [6, 6.07) is 6.27. The van der Waals surface area contributed by atoms with E-state index in [4.69, 9.17) is 0 Å². The zero-order valence-electron chi connectivity index (χ0n) is 13.5. The normalized spacial score (nSPS) is 21.2. The lowest BCUT2D eigenvalue weighted by Gasteiger charge is -2.24. The molecular formula is C18H22FN3O2. The summed E-state index contributed by atoms with van der Waals surface area (Å²) in [5.74, 6) is -0.530. The van der Waals surface area contributed by atoms with Crippen molar-refractivity contribution in [3.8, 4) is 5.69 Å². The van der Waals surface area contributed by atoms with Crippen LogP contribution in [0, 0.1) is 11.7 Å². The maximum absolute atomic E-state index is 13.8. The third-order valence-corrected chi connectivity index (χ3v) is 4.65. The number of carbonyl (C=O) groups is 1. The summed E-state index contributed by atoms with van der Waals surface area (Å²) >= 11 is 0. The van der Waals surface area contributed by atoms with Gasteiger partial charge in [-0.2, -0.15) is 5.10 Å². The van der Waals surface area contributed by atoms with Gasteiger partial charge in [0.15, 0.2) is 0 Å². The fourth-order valence-electron chi connectivity index (χ4n) is 3.25. The Bertz CT molecular complexity index is 701. The van der Waals surface area contributed by atoms with Crippen molar-refractivity contribution in [3.05, 3.63) is 48.0 Å². The van der Waals surface area contributed by atoms with E-state index in [9.17, 15) is 14.3 Å². The lowest BCUT2D eigenvalue weighted by Crippen LogP contribution is -2.41. The van der Waals surface area contributed by atoms with E-state index in [0.717, 1.165) is 32.1 Å². The van der Waals surface area contributed by atoms with Crippen molar-refractivity contribution in [2.24, 2.45) is 5.92 Å². The Labute approximate surface area is 140 Å². The number of hydrogen-bond acceptors (Lipinski definition) is 3. The van der Waals surface area contributed by atoms with E-state index in [-0.39, 0.29) is 24.5 Å². The number of nitrogens with one attached hydrogen (secondary N) is 1. The molecule has 1 fully saturated rings. The molecule has 3 rings (SSSR count). The number of aromatic nitrogens is 2. The topological polar surface area (TPSA) is 67.2 Å². The number of aliphatic hydroxyl groups excluding tert-OH is 1. The molecule has 2 atom stereocenters. The van der Waals surface area contributed by atoms with E-state index in [1.165, 1.54) is 23.1 Å². The first-order valence-corrected chi connectivity index (χ1v) is 8.40. The summed E-state index contributed by atoms with van der Waals surface area (Å²) in [6.45, 7) is 0.0828. The van der Waals surface area contributed by atoms with Crippen LogP contribution in [0.5, 0.6) is 0 Å². The van der Waals surface area contributed by atoms with Gasteiger partial charge in [-0.25, -0.2) is 9.07 Å². The van der Waals surface area contributed by atoms with E-state index >= 15 is 0 Å². The molecule has 2 aromatic rings. The van der Waals surface area contributed by atoms with Crippen molar-refractivity contribution in [1.29, 1.82) is 0 Å². The molecule has 1 aliphatic carbocycles. The van der Waals surface area contributed by atoms with Crippen LogP contribution in [0.1, 0.15) is 42.5 Å². The minimum absolute atomic E-state index is 0.0261. The lowest BCUT2D eigenvalue weighted by atomic mass is 9.95. The Balaban J connectivity index is 1.73. The summed E-state index contributed by atoms with van der Waals surface area (Å²) in [5.41, 5.74) is 0.693. The van der Waals surface area contributed by atoms with Gasteiger partial charge in [0, 0.05) is 24.8 Å². The van der Waals surface area contributed by atoms with Crippen LogP contribution < -0.4 is 5.32 Å². The second-order valence-corrected chi connectivity index (χ2v) is 6.29. The summed E-state index contributed by atoms with van der Waals surface area (Å²) in [7, 11) is 0. The van der Waals surface area contributed by atoms with Gasteiger partial charge in [0.1, 0.15) is 11.5 Å². The van der Waals surface area contributed by atoms with Gasteiger partial charge in [0.2, 0.25) is 0 Å². The highest BCUT2D eigenvalue weighted by molar-refractivity contribution is 5.94. The molecule has 1 heterocycles. The Morgan fingerprint density at radius 3 is 2.88 bits per heavy atom. The van der Waals surface area contributed by atoms with Gasteiger partial charge in [0.25, 0.3) is 5.91 Å². The fourth-order valence-corrected chi connectivity index (χ4v) is 3.25. The van der Waals surface area contributed by atoms with Crippen molar-refractivity contribution in [2.45, 2.75) is 38.1 Å². The van der Waals surface area contributed by atoms with Gasteiger partial charge in [-0.05, 0) is 25.0 Å². The molecule has 1 amide bonds. The molecule has 1 aromatic carbocycles. The highest BCUT2D eigenvalue weighted by Gasteiger charge is 2.25. The molecule has 2 unspecified atom stereocenters. The van der Waals surface area contributed by atoms with Crippen LogP contribution in [0.2, 0.25) is 0 Å². The molecule has 1 aromatic heterocycles. The molecule has 5 nitrogen and oxygen atoms in total. The second-order valence-electron chi connectivity index (χ2n) is 6.29. The van der Waals surface area contributed by atoms with Crippen molar-refractivity contribution >= 4 is 5.91 Å². The zero-order valence-corrected chi connectivity index (χ0v) is 13.5. The standard InChI is InChI=1S/C18H22FN3O2/c19-15-7-4-5-9-17(15)22-11-14(10-20-22)18(24)21-16-8-3-1-2-6-13(16)12-23/h4-5,7,9-11,13,16,23H,1-3,6,8,12H2,(H,21,24). The number of halogens is 1. The Morgan fingerprint density at radius 2 is 2.08 bits per heavy atom. The molecule has 0 spiro atoms. The van der Waals surface area contributed by atoms with Crippen molar-refractivity contribution in [1.82, 2.24) is 15.1 Å². The van der Waals surface area contributed by atoms with Crippen LogP contribution in [0.25, 0.3) is 5.69 Å². The number of hydrogen-bond donors (Lipinski definition) is 2. The van der Waals surface area contributed by atoms with Crippen molar-refractivity contribution in [3.63, 3.8) is 0 Å². The quantitative estimate of drug-likeness (QED) is 0.847. The maximum atomic E-state index is 13.8. The molecular weight excluding hydrogens is 309 g/mol. The molecule has 1 aliphatic rings. The number of rotatable bonds is 4. The Hall–Kier alpha value is -2.21. The first kappa shape index (κ1) is 16.6. The largest absolute Gasteiger partial charge is 0.396 e. The summed E-state index contributed by atoms with van der Waals surface area (Å²) in [5, 5.41) is 16.6. The zero-order chi connectivity index (χ0) is 16.9. The van der Waals surface area contributed by atoms with Gasteiger partial charge in [-0.1, -0.05) is 31.4 Å². The molecule has 24 heavy (non-hydrogen) atoms. The number of nitrogens with zero attached hydrogens (tertiary/aromatic N) is 2. The molecule has 1 saturated carbocycles. The van der Waals surface area contributed by atoms with E-state index in [1.54, 1.807) is 18.2 Å². The maximum Gasteiger partial charge on any atom is 0.254 e. The number of benzene rings is 1. The SMILES string of the molecule is O=C(NC1CCCCCC1CO)c1cnn(-c2ccccc2F)c1. The van der Waals surface area contributed by atoms with Crippen LogP contribution in [0.4, 0.5) is 4.39 Å². The summed E-state index contributed by atoms with van der Waals surface area (Å²) in [6.07, 6.45) is 8.03. The Kier molecular flexibility index (Phi) is 5.25. The fraction of sp³-hybridized carbons (Fsp3) is 0.444. The summed E-state index contributed by atoms with van der Waals surface area (Å²) < 4.78 is 15.2. The molecule has 0 saturated heterocycles. The number of para-hydroxylation sites is 1. The van der Waals surface area contributed by atoms with Gasteiger partial charge in [-0.15, -0.1) is 0 Å². The number of carbonyl (C=O) groups excluding carboxylic acids is 1. The molecule has 0 bridgehead atoms. The minimum atomic E-state index is -0.392. The van der Waals surface area contributed by atoms with Crippen LogP contribution in [0.15, 0.2) is 36.7 Å². The third-order valence-electron chi connectivity index (χ3n) is 4.65. The van der Waals surface area contributed by atoms with E-state index < -0.39 is 5.82 Å².